The van der Waals surface area contributed by atoms with Crippen molar-refractivity contribution in [3.8, 4) is 0 Å². The third kappa shape index (κ3) is 3.22. The minimum Gasteiger partial charge on any atom is -0.472 e. The smallest absolute Gasteiger partial charge is 0.230 e. The number of carbonyl (C=O) groups is 1. The van der Waals surface area contributed by atoms with Gasteiger partial charge in [-0.3, -0.25) is 14.6 Å². The van der Waals surface area contributed by atoms with E-state index in [9.17, 15) is 4.79 Å². The van der Waals surface area contributed by atoms with Crippen molar-refractivity contribution in [2.45, 2.75) is 32.7 Å². The molecule has 0 radical (unpaired) electrons. The normalized spacial score (nSPS) is 28.8. The van der Waals surface area contributed by atoms with Crippen LogP contribution in [0.3, 0.4) is 0 Å². The fraction of sp³-hybridized carbons (Fsp3) is 0.762. The standard InChI is InChI=1S/C21H33N3O3/c1-3-24-10-7-21(19(24)25)17-23(11-13-26-2)16-20(21)5-8-22(9-6-20)14-18-4-12-27-15-18/h4,12,15H,3,5-11,13-14,16-17H2,1-2H3/t21-/m1/s1. The quantitative estimate of drug-likeness (QED) is 0.762. The zero-order valence-corrected chi connectivity index (χ0v) is 16.8. The van der Waals surface area contributed by atoms with Crippen LogP contribution in [0.15, 0.2) is 23.0 Å². The first-order valence-electron chi connectivity index (χ1n) is 10.4. The maximum atomic E-state index is 13.4. The summed E-state index contributed by atoms with van der Waals surface area (Å²) in [5, 5.41) is 0. The van der Waals surface area contributed by atoms with E-state index in [4.69, 9.17) is 9.15 Å². The number of methoxy groups -OCH3 is 1. The van der Waals surface area contributed by atoms with Crippen LogP contribution in [0, 0.1) is 10.8 Å². The Kier molecular flexibility index (Phi) is 5.32. The number of amides is 1. The zero-order chi connectivity index (χ0) is 18.9. The van der Waals surface area contributed by atoms with Crippen LogP contribution in [0.4, 0.5) is 0 Å². The minimum atomic E-state index is -0.182. The Bertz CT molecular complexity index is 639. The second-order valence-corrected chi connectivity index (χ2v) is 8.61. The molecule has 150 valence electrons. The Balaban J connectivity index is 1.51. The van der Waals surface area contributed by atoms with E-state index in [1.54, 1.807) is 13.4 Å². The largest absolute Gasteiger partial charge is 0.472 e. The molecular weight excluding hydrogens is 342 g/mol. The van der Waals surface area contributed by atoms with Gasteiger partial charge >= 0.3 is 0 Å². The van der Waals surface area contributed by atoms with Gasteiger partial charge in [0.05, 0.1) is 24.5 Å². The summed E-state index contributed by atoms with van der Waals surface area (Å²) in [5.74, 6) is 0.410. The zero-order valence-electron chi connectivity index (χ0n) is 16.8. The second kappa shape index (κ2) is 7.57. The van der Waals surface area contributed by atoms with Crippen LogP contribution < -0.4 is 0 Å². The number of hydrogen-bond acceptors (Lipinski definition) is 5. The van der Waals surface area contributed by atoms with Gasteiger partial charge in [-0.2, -0.15) is 0 Å². The van der Waals surface area contributed by atoms with E-state index in [0.29, 0.717) is 5.91 Å². The van der Waals surface area contributed by atoms with E-state index in [2.05, 4.69) is 21.6 Å². The molecule has 1 atom stereocenters. The summed E-state index contributed by atoms with van der Waals surface area (Å²) in [6.45, 7) is 10.6. The van der Waals surface area contributed by atoms with Crippen LogP contribution in [0.5, 0.6) is 0 Å². The number of rotatable bonds is 6. The molecule has 27 heavy (non-hydrogen) atoms. The molecule has 4 rings (SSSR count). The van der Waals surface area contributed by atoms with Gasteiger partial charge in [-0.1, -0.05) is 0 Å². The van der Waals surface area contributed by atoms with Gasteiger partial charge in [-0.25, -0.2) is 0 Å². The van der Waals surface area contributed by atoms with Gasteiger partial charge in [0.2, 0.25) is 5.91 Å². The number of nitrogens with zero attached hydrogens (tertiary/aromatic N) is 3. The predicted molar refractivity (Wildman–Crippen MR) is 103 cm³/mol. The van der Waals surface area contributed by atoms with Crippen molar-refractivity contribution in [1.82, 2.24) is 14.7 Å². The van der Waals surface area contributed by atoms with Crippen LogP contribution in [-0.4, -0.2) is 80.1 Å². The third-order valence-electron chi connectivity index (χ3n) is 7.33. The summed E-state index contributed by atoms with van der Waals surface area (Å²) < 4.78 is 10.5. The molecule has 1 amide bonds. The Hall–Kier alpha value is -1.37. The SMILES string of the molecule is CCN1CC[C@@]2(CN(CCOC)CC23CCN(Cc2ccoc2)CC3)C1=O. The monoisotopic (exact) mass is 375 g/mol. The molecule has 2 spiro atoms. The molecule has 0 unspecified atom stereocenters. The predicted octanol–water partition coefficient (Wildman–Crippen LogP) is 2.06. The molecule has 6 nitrogen and oxygen atoms in total. The van der Waals surface area contributed by atoms with Gasteiger partial charge in [0.15, 0.2) is 0 Å². The fourth-order valence-corrected chi connectivity index (χ4v) is 5.76. The van der Waals surface area contributed by atoms with E-state index in [1.165, 1.54) is 5.56 Å². The van der Waals surface area contributed by atoms with Crippen molar-refractivity contribution < 1.29 is 13.9 Å². The van der Waals surface area contributed by atoms with Gasteiger partial charge in [0, 0.05) is 57.4 Å². The molecule has 0 aliphatic carbocycles. The molecule has 0 N–H and O–H groups in total. The van der Waals surface area contributed by atoms with Crippen molar-refractivity contribution in [2.24, 2.45) is 10.8 Å². The molecule has 1 aromatic rings. The van der Waals surface area contributed by atoms with Crippen LogP contribution >= 0.6 is 0 Å². The summed E-state index contributed by atoms with van der Waals surface area (Å²) in [4.78, 5) is 20.5. The lowest BCUT2D eigenvalue weighted by Crippen LogP contribution is -2.52. The second-order valence-electron chi connectivity index (χ2n) is 8.61. The van der Waals surface area contributed by atoms with Crippen molar-refractivity contribution in [1.29, 1.82) is 0 Å². The molecule has 0 bridgehead atoms. The highest BCUT2D eigenvalue weighted by atomic mass is 16.5. The molecule has 0 aromatic carbocycles. The van der Waals surface area contributed by atoms with Crippen molar-refractivity contribution in [2.75, 3.05) is 59.5 Å². The number of hydrogen-bond donors (Lipinski definition) is 0. The van der Waals surface area contributed by atoms with Gasteiger partial charge in [-0.05, 0) is 45.3 Å². The topological polar surface area (TPSA) is 49.2 Å². The first-order chi connectivity index (χ1) is 13.1. The van der Waals surface area contributed by atoms with Crippen molar-refractivity contribution in [3.63, 3.8) is 0 Å². The first kappa shape index (κ1) is 19.0. The number of likely N-dealkylation sites (tertiary alicyclic amines) is 3. The average Bonchev–Trinajstić information content (AvgIpc) is 3.37. The van der Waals surface area contributed by atoms with E-state index >= 15 is 0 Å². The summed E-state index contributed by atoms with van der Waals surface area (Å²) in [5.41, 5.74) is 1.18. The maximum Gasteiger partial charge on any atom is 0.230 e. The lowest BCUT2D eigenvalue weighted by molar-refractivity contribution is -0.142. The number of carbonyl (C=O) groups excluding carboxylic acids is 1. The van der Waals surface area contributed by atoms with Crippen LogP contribution in [0.25, 0.3) is 0 Å². The van der Waals surface area contributed by atoms with Gasteiger partial charge in [0.1, 0.15) is 0 Å². The molecule has 6 heteroatoms. The van der Waals surface area contributed by atoms with E-state index in [1.807, 2.05) is 12.3 Å². The Morgan fingerprint density at radius 3 is 2.59 bits per heavy atom. The summed E-state index contributed by atoms with van der Waals surface area (Å²) in [6, 6.07) is 2.05. The summed E-state index contributed by atoms with van der Waals surface area (Å²) in [6.07, 6.45) is 6.82. The van der Waals surface area contributed by atoms with Crippen LogP contribution in [0.2, 0.25) is 0 Å². The summed E-state index contributed by atoms with van der Waals surface area (Å²) >= 11 is 0. The van der Waals surface area contributed by atoms with Crippen LogP contribution in [0.1, 0.15) is 31.7 Å². The summed E-state index contributed by atoms with van der Waals surface area (Å²) in [7, 11) is 1.76. The number of fused-ring (bicyclic) bond motifs is 1. The number of furan rings is 1. The van der Waals surface area contributed by atoms with Gasteiger partial charge in [-0.15, -0.1) is 0 Å². The highest BCUT2D eigenvalue weighted by Gasteiger charge is 2.64. The molecular formula is C21H33N3O3. The lowest BCUT2D eigenvalue weighted by Gasteiger charge is -2.47. The molecule has 4 heterocycles. The molecule has 3 aliphatic heterocycles. The maximum absolute atomic E-state index is 13.4. The number of piperidine rings is 1. The number of ether oxygens (including phenoxy) is 1. The van der Waals surface area contributed by atoms with E-state index in [-0.39, 0.29) is 10.8 Å². The highest BCUT2D eigenvalue weighted by molar-refractivity contribution is 5.86. The fourth-order valence-electron chi connectivity index (χ4n) is 5.76. The Labute approximate surface area is 162 Å². The highest BCUT2D eigenvalue weighted by Crippen LogP contribution is 2.57. The molecule has 3 fully saturated rings. The van der Waals surface area contributed by atoms with Crippen molar-refractivity contribution >= 4 is 5.91 Å². The first-order valence-corrected chi connectivity index (χ1v) is 10.4. The molecule has 3 saturated heterocycles. The minimum absolute atomic E-state index is 0.120. The van der Waals surface area contributed by atoms with E-state index in [0.717, 1.165) is 78.2 Å². The van der Waals surface area contributed by atoms with Crippen LogP contribution in [-0.2, 0) is 16.1 Å². The third-order valence-corrected chi connectivity index (χ3v) is 7.33. The van der Waals surface area contributed by atoms with Gasteiger partial charge in [0.25, 0.3) is 0 Å². The van der Waals surface area contributed by atoms with E-state index < -0.39 is 0 Å². The molecule has 3 aliphatic rings. The average molecular weight is 376 g/mol. The van der Waals surface area contributed by atoms with Gasteiger partial charge < -0.3 is 14.1 Å². The lowest BCUT2D eigenvalue weighted by atomic mass is 9.60. The Morgan fingerprint density at radius 1 is 1.15 bits per heavy atom. The molecule has 1 aromatic heterocycles. The molecule has 0 saturated carbocycles. The Morgan fingerprint density at radius 2 is 1.96 bits per heavy atom. The van der Waals surface area contributed by atoms with Crippen molar-refractivity contribution in [3.05, 3.63) is 24.2 Å².